The Hall–Kier alpha value is -4.02. The van der Waals surface area contributed by atoms with Gasteiger partial charge in [-0.1, -0.05) is 42.5 Å². The largest absolute Gasteiger partial charge is 0.434 e. The van der Waals surface area contributed by atoms with Crippen LogP contribution >= 0.6 is 0 Å². The first-order valence-electron chi connectivity index (χ1n) is 12.6. The van der Waals surface area contributed by atoms with Crippen molar-refractivity contribution in [3.63, 3.8) is 0 Å². The van der Waals surface area contributed by atoms with Crippen LogP contribution in [0.25, 0.3) is 17.3 Å². The van der Waals surface area contributed by atoms with Crippen LogP contribution in [0.5, 0.6) is 0 Å². The third-order valence-corrected chi connectivity index (χ3v) is 9.13. The van der Waals surface area contributed by atoms with Crippen LogP contribution in [0, 0.1) is 0 Å². The first-order valence-corrected chi connectivity index (χ1v) is 14.0. The van der Waals surface area contributed by atoms with Gasteiger partial charge in [-0.25, -0.2) is 13.4 Å². The van der Waals surface area contributed by atoms with Crippen LogP contribution in [0.3, 0.4) is 0 Å². The van der Waals surface area contributed by atoms with E-state index in [4.69, 9.17) is 9.72 Å². The molecule has 1 amide bonds. The van der Waals surface area contributed by atoms with E-state index in [0.29, 0.717) is 0 Å². The molecule has 1 aromatic heterocycles. The molecule has 2 fully saturated rings. The number of nitrogens with one attached hydrogen (secondary N) is 2. The minimum Gasteiger partial charge on any atom is -0.434 e. The van der Waals surface area contributed by atoms with E-state index in [1.54, 1.807) is 24.3 Å². The zero-order chi connectivity index (χ0) is 26.1. The summed E-state index contributed by atoms with van der Waals surface area (Å²) in [5, 5.41) is 3.36. The first-order chi connectivity index (χ1) is 18.4. The quantitative estimate of drug-likeness (QED) is 0.395. The molecule has 4 heterocycles. The smallest absolute Gasteiger partial charge is 0.311 e. The molecule has 1 aliphatic carbocycles. The molecule has 0 bridgehead atoms. The molecule has 2 N–H and O–H groups in total. The van der Waals surface area contributed by atoms with Crippen LogP contribution in [-0.2, 0) is 30.8 Å². The number of carbonyl (C=O) groups excluding carboxylic acids is 2. The topological polar surface area (TPSA) is 118 Å². The normalized spacial score (nSPS) is 25.2. The minimum atomic E-state index is -3.96. The fourth-order valence-corrected chi connectivity index (χ4v) is 7.09. The van der Waals surface area contributed by atoms with E-state index in [0.717, 1.165) is 47.6 Å². The van der Waals surface area contributed by atoms with E-state index >= 15 is 0 Å². The first kappa shape index (κ1) is 23.1. The number of ether oxygens (including phenoxy) is 1. The van der Waals surface area contributed by atoms with Crippen LogP contribution in [-0.4, -0.2) is 48.6 Å². The van der Waals surface area contributed by atoms with E-state index < -0.39 is 33.8 Å². The van der Waals surface area contributed by atoms with Crippen molar-refractivity contribution >= 4 is 33.8 Å². The second-order valence-electron chi connectivity index (χ2n) is 9.93. The van der Waals surface area contributed by atoms with Crippen molar-refractivity contribution in [2.24, 2.45) is 0 Å². The summed E-state index contributed by atoms with van der Waals surface area (Å²) in [5.41, 5.74) is 3.15. The Morgan fingerprint density at radius 1 is 1.08 bits per heavy atom. The molecule has 38 heavy (non-hydrogen) atoms. The third-order valence-electron chi connectivity index (χ3n) is 7.66. The molecule has 2 saturated heterocycles. The molecule has 2 unspecified atom stereocenters. The van der Waals surface area contributed by atoms with Crippen molar-refractivity contribution in [3.05, 3.63) is 83.4 Å². The summed E-state index contributed by atoms with van der Waals surface area (Å²) in [7, 11) is -3.96. The van der Waals surface area contributed by atoms with Crippen molar-refractivity contribution in [2.75, 3.05) is 11.9 Å². The van der Waals surface area contributed by atoms with Gasteiger partial charge in [0.25, 0.3) is 0 Å². The highest BCUT2D eigenvalue weighted by atomic mass is 32.2. The lowest BCUT2D eigenvalue weighted by Gasteiger charge is -2.60. The van der Waals surface area contributed by atoms with E-state index in [9.17, 15) is 18.0 Å². The fraction of sp³-hybridized carbons (Fsp3) is 0.250. The van der Waals surface area contributed by atoms with Gasteiger partial charge in [-0.2, -0.15) is 4.72 Å². The lowest BCUT2D eigenvalue weighted by Crippen LogP contribution is -2.78. The number of anilines is 1. The van der Waals surface area contributed by atoms with Crippen molar-refractivity contribution in [1.82, 2.24) is 14.6 Å². The summed E-state index contributed by atoms with van der Waals surface area (Å²) in [6.45, 7) is 0.903. The minimum absolute atomic E-state index is 0.0561. The molecule has 7 rings (SSSR count). The maximum atomic E-state index is 13.5. The Kier molecular flexibility index (Phi) is 5.01. The number of β-lactam (4-membered cyclic amide) rings is 1. The molecule has 3 atom stereocenters. The van der Waals surface area contributed by atoms with Gasteiger partial charge in [0.2, 0.25) is 21.7 Å². The maximum absolute atomic E-state index is 13.5. The van der Waals surface area contributed by atoms with Crippen LogP contribution in [0.4, 0.5) is 5.82 Å². The van der Waals surface area contributed by atoms with Gasteiger partial charge in [-0.15, -0.1) is 0 Å². The summed E-state index contributed by atoms with van der Waals surface area (Å²) in [5.74, 6) is -0.714. The molecular formula is C28H24N4O5S. The van der Waals surface area contributed by atoms with Crippen LogP contribution in [0.15, 0.2) is 71.6 Å². The average Bonchev–Trinajstić information content (AvgIpc) is 2.91. The summed E-state index contributed by atoms with van der Waals surface area (Å²) >= 11 is 0. The molecule has 4 aliphatic rings. The number of rotatable bonds is 4. The Labute approximate surface area is 219 Å². The molecule has 0 radical (unpaired) electrons. The van der Waals surface area contributed by atoms with Gasteiger partial charge in [0.05, 0.1) is 17.0 Å². The number of nitrogens with zero attached hydrogens (tertiary/aromatic N) is 2. The van der Waals surface area contributed by atoms with Crippen LogP contribution < -0.4 is 10.0 Å². The predicted octanol–water partition coefficient (Wildman–Crippen LogP) is 3.01. The summed E-state index contributed by atoms with van der Waals surface area (Å²) in [6, 6.07) is 17.7. The van der Waals surface area contributed by atoms with Crippen molar-refractivity contribution in [3.8, 4) is 11.3 Å². The average molecular weight is 529 g/mol. The number of aryl methyl sites for hydroxylation is 1. The number of sulfonamides is 1. The summed E-state index contributed by atoms with van der Waals surface area (Å²) in [6.07, 6.45) is 4.28. The van der Waals surface area contributed by atoms with E-state index in [2.05, 4.69) is 16.1 Å². The van der Waals surface area contributed by atoms with Gasteiger partial charge >= 0.3 is 5.97 Å². The third kappa shape index (κ3) is 3.40. The number of pyridine rings is 1. The number of benzene rings is 2. The second kappa shape index (κ2) is 8.24. The van der Waals surface area contributed by atoms with Gasteiger partial charge in [-0.3, -0.25) is 14.5 Å². The van der Waals surface area contributed by atoms with Gasteiger partial charge in [-0.05, 0) is 59.9 Å². The molecule has 1 spiro atoms. The lowest BCUT2D eigenvalue weighted by molar-refractivity contribution is -0.235. The predicted molar refractivity (Wildman–Crippen MR) is 139 cm³/mol. The molecule has 3 aromatic rings. The van der Waals surface area contributed by atoms with Crippen LogP contribution in [0.2, 0.25) is 0 Å². The molecule has 10 heteroatoms. The second-order valence-corrected chi connectivity index (χ2v) is 11.6. The fourth-order valence-electron chi connectivity index (χ4n) is 5.89. The zero-order valence-corrected chi connectivity index (χ0v) is 21.1. The highest BCUT2D eigenvalue weighted by Gasteiger charge is 2.68. The zero-order valence-electron chi connectivity index (χ0n) is 20.3. The van der Waals surface area contributed by atoms with Gasteiger partial charge in [0.15, 0.2) is 0 Å². The van der Waals surface area contributed by atoms with Crippen molar-refractivity contribution < 1.29 is 22.7 Å². The highest BCUT2D eigenvalue weighted by Crippen LogP contribution is 2.54. The SMILES string of the molecule is O=C1CC(NS(=O)(=O)c2ccccc2)N2C(=O)C3c4ccc(-c5ccc6c(n5)NCCC6)cc4C=C[C@]32O1. The van der Waals surface area contributed by atoms with E-state index in [1.807, 2.05) is 30.3 Å². The lowest BCUT2D eigenvalue weighted by atomic mass is 9.71. The van der Waals surface area contributed by atoms with Crippen LogP contribution in [0.1, 0.15) is 35.4 Å². The molecule has 0 saturated carbocycles. The number of aromatic nitrogens is 1. The van der Waals surface area contributed by atoms with Crippen molar-refractivity contribution in [1.29, 1.82) is 0 Å². The van der Waals surface area contributed by atoms with Gasteiger partial charge in [0, 0.05) is 12.1 Å². The maximum Gasteiger partial charge on any atom is 0.311 e. The standard InChI is InChI=1S/C28H24N4O5S/c33-24-16-23(31-38(35,36)20-6-2-1-3-7-20)32-27(34)25-21-10-8-19(15-18(21)12-13-28(25,32)37-24)22-11-9-17-5-4-14-29-26(17)30-22/h1-3,6-13,15,23,25,31H,4-5,14,16H2,(H,29,30)/t23?,25?,28-/m0/s1. The molecule has 3 aliphatic heterocycles. The molecule has 9 nitrogen and oxygen atoms in total. The Morgan fingerprint density at radius 3 is 2.76 bits per heavy atom. The highest BCUT2D eigenvalue weighted by molar-refractivity contribution is 7.89. The number of hydrogen-bond donors (Lipinski definition) is 2. The number of hydrogen-bond acceptors (Lipinski definition) is 7. The number of amides is 1. The van der Waals surface area contributed by atoms with E-state index in [1.165, 1.54) is 22.6 Å². The molecule has 2 aromatic carbocycles. The number of esters is 1. The van der Waals surface area contributed by atoms with Gasteiger partial charge < -0.3 is 10.1 Å². The Balaban J connectivity index is 1.21. The van der Waals surface area contributed by atoms with Gasteiger partial charge in [0.1, 0.15) is 17.9 Å². The monoisotopic (exact) mass is 528 g/mol. The number of carbonyl (C=O) groups is 2. The summed E-state index contributed by atoms with van der Waals surface area (Å²) < 4.78 is 34.3. The van der Waals surface area contributed by atoms with Crippen molar-refractivity contribution in [2.45, 2.75) is 42.0 Å². The van der Waals surface area contributed by atoms with E-state index in [-0.39, 0.29) is 17.2 Å². The Morgan fingerprint density at radius 2 is 1.92 bits per heavy atom. The molecular weight excluding hydrogens is 504 g/mol. The number of fused-ring (bicyclic) bond motifs is 3. The molecule has 192 valence electrons. The summed E-state index contributed by atoms with van der Waals surface area (Å²) in [4.78, 5) is 32.3. The Bertz CT molecular complexity index is 1640.